The lowest BCUT2D eigenvalue weighted by atomic mass is 9.84. The molecule has 1 aromatic heterocycles. The predicted octanol–water partition coefficient (Wildman–Crippen LogP) is 13.7. The maximum Gasteiger partial charge on any atom is 0.136 e. The lowest BCUT2D eigenvalue weighted by Gasteiger charge is -2.18. The highest BCUT2D eigenvalue weighted by molar-refractivity contribution is 6.26. The minimum atomic E-state index is -0.615. The van der Waals surface area contributed by atoms with Crippen molar-refractivity contribution in [3.8, 4) is 44.5 Å². The van der Waals surface area contributed by atoms with Crippen molar-refractivity contribution in [2.75, 3.05) is 0 Å². The monoisotopic (exact) mass is 631 g/mol. The first-order valence-electron chi connectivity index (χ1n) is 20.6. The van der Waals surface area contributed by atoms with E-state index in [4.69, 9.17) is 14.0 Å². The third kappa shape index (κ3) is 4.47. The van der Waals surface area contributed by atoms with Gasteiger partial charge >= 0.3 is 0 Å². The molecule has 0 saturated carbocycles. The van der Waals surface area contributed by atoms with E-state index >= 15 is 0 Å². The van der Waals surface area contributed by atoms with Crippen LogP contribution in [0, 0.1) is 0 Å². The van der Waals surface area contributed by atoms with Crippen LogP contribution in [0.2, 0.25) is 0 Å². The summed E-state index contributed by atoms with van der Waals surface area (Å²) in [6, 6.07) is 37.7. The van der Waals surface area contributed by atoms with E-state index in [0.717, 1.165) is 65.7 Å². The van der Waals surface area contributed by atoms with Gasteiger partial charge in [0.2, 0.25) is 0 Å². The molecule has 0 N–H and O–H groups in total. The topological polar surface area (TPSA) is 13.1 Å². The predicted molar refractivity (Wildman–Crippen MR) is 208 cm³/mol. The lowest BCUT2D eigenvalue weighted by molar-refractivity contribution is 0.669. The highest BCUT2D eigenvalue weighted by atomic mass is 16.3. The number of fused-ring (bicyclic) bond motifs is 6. The summed E-state index contributed by atoms with van der Waals surface area (Å²) in [4.78, 5) is 0. The molecular weight excluding hydrogens is 593 g/mol. The van der Waals surface area contributed by atoms with Gasteiger partial charge in [0, 0.05) is 10.8 Å². The highest BCUT2D eigenvalue weighted by Gasteiger charge is 2.20. The number of benzene rings is 9. The molecule has 0 aliphatic carbocycles. The Hall–Kier alpha value is -6.44. The number of hydrogen-bond acceptors (Lipinski definition) is 1. The molecule has 1 heteroatoms. The van der Waals surface area contributed by atoms with E-state index in [1.54, 1.807) is 0 Å². The third-order valence-electron chi connectivity index (χ3n) is 9.39. The minimum Gasteiger partial charge on any atom is -0.456 e. The van der Waals surface area contributed by atoms with Crippen LogP contribution in [0.15, 0.2) is 186 Å². The number of rotatable bonds is 4. The van der Waals surface area contributed by atoms with Crippen LogP contribution in [0.3, 0.4) is 0 Å². The van der Waals surface area contributed by atoms with Gasteiger partial charge in [0.05, 0.1) is 12.3 Å². The summed E-state index contributed by atoms with van der Waals surface area (Å²) >= 11 is 0. The first kappa shape index (κ1) is 20.0. The molecule has 0 spiro atoms. The van der Waals surface area contributed by atoms with Crippen LogP contribution >= 0.6 is 0 Å². The third-order valence-corrected chi connectivity index (χ3v) is 9.39. The fourth-order valence-corrected chi connectivity index (χ4v) is 7.21. The summed E-state index contributed by atoms with van der Waals surface area (Å²) in [5.74, 6) is 0. The maximum absolute atomic E-state index is 9.37. The zero-order chi connectivity index (χ0) is 40.1. The van der Waals surface area contributed by atoms with Gasteiger partial charge in [-0.1, -0.05) is 158 Å². The zero-order valence-electron chi connectivity index (χ0n) is 35.0. The average molecular weight is 632 g/mol. The Labute approximate surface area is 297 Å². The van der Waals surface area contributed by atoms with Gasteiger partial charge in [-0.25, -0.2) is 0 Å². The van der Waals surface area contributed by atoms with Crippen molar-refractivity contribution in [3.63, 3.8) is 0 Å². The zero-order valence-corrected chi connectivity index (χ0v) is 26.0. The van der Waals surface area contributed by atoms with Crippen LogP contribution in [0.25, 0.3) is 98.8 Å². The molecule has 10 rings (SSSR count). The summed E-state index contributed by atoms with van der Waals surface area (Å²) in [6.45, 7) is 0. The quantitative estimate of drug-likeness (QED) is 0.176. The van der Waals surface area contributed by atoms with Crippen LogP contribution < -0.4 is 0 Å². The Kier molecular flexibility index (Phi) is 4.53. The van der Waals surface area contributed by atoms with Crippen LogP contribution in [-0.4, -0.2) is 0 Å². The van der Waals surface area contributed by atoms with Crippen molar-refractivity contribution in [2.45, 2.75) is 0 Å². The Morgan fingerprint density at radius 3 is 1.71 bits per heavy atom. The van der Waals surface area contributed by atoms with E-state index in [1.807, 2.05) is 78.9 Å². The molecule has 0 unspecified atom stereocenters. The van der Waals surface area contributed by atoms with Crippen molar-refractivity contribution in [1.29, 1.82) is 0 Å². The Balaban J connectivity index is 1.24. The van der Waals surface area contributed by atoms with Crippen molar-refractivity contribution in [1.82, 2.24) is 0 Å². The van der Waals surface area contributed by atoms with Crippen LogP contribution in [0.1, 0.15) is 12.3 Å². The molecule has 1 nitrogen and oxygen atoms in total. The molecule has 49 heavy (non-hydrogen) atoms. The lowest BCUT2D eigenvalue weighted by Crippen LogP contribution is -1.91. The summed E-state index contributed by atoms with van der Waals surface area (Å²) in [7, 11) is 0. The van der Waals surface area contributed by atoms with Crippen molar-refractivity contribution in [3.05, 3.63) is 182 Å². The van der Waals surface area contributed by atoms with Gasteiger partial charge in [-0.2, -0.15) is 0 Å². The van der Waals surface area contributed by atoms with Gasteiger partial charge in [-0.05, 0) is 101 Å². The van der Waals surface area contributed by atoms with Gasteiger partial charge in [0.15, 0.2) is 0 Å². The first-order chi connectivity index (χ1) is 28.0. The van der Waals surface area contributed by atoms with Gasteiger partial charge < -0.3 is 4.42 Å². The van der Waals surface area contributed by atoms with Crippen molar-refractivity contribution in [2.24, 2.45) is 0 Å². The van der Waals surface area contributed by atoms with E-state index in [0.29, 0.717) is 16.3 Å². The standard InChI is InChI=1S/C48H30O/c1-3-12-31(13-4-1)33-22-24-34(25-23-33)46-38-16-7-9-18-40(38)47(41-19-10-8-17-39(41)46)42-20-11-21-44-48(42)43-29-36-27-26-35(32-14-5-2-6-15-32)28-37(36)30-45(43)49-44/h1-30H/i1D,3D,4D,12D,13D,22D,23D,24D,25D. The molecule has 0 atom stereocenters. The van der Waals surface area contributed by atoms with E-state index < -0.39 is 42.3 Å². The van der Waals surface area contributed by atoms with Crippen LogP contribution in [-0.2, 0) is 0 Å². The maximum atomic E-state index is 9.37. The number of furan rings is 1. The molecule has 0 fully saturated rings. The Morgan fingerprint density at radius 2 is 1.00 bits per heavy atom. The SMILES string of the molecule is [2H]c1c([2H])c([2H])c(-c2c([2H])c([2H])c(-c3c4ccccc4c(-c4cccc5oc6cc7cc(-c8ccccc8)ccc7cc6c45)c4ccccc34)c([2H])c2[2H])c([2H])c1[2H]. The van der Waals surface area contributed by atoms with Gasteiger partial charge in [0.1, 0.15) is 11.2 Å². The normalized spacial score (nSPS) is 14.2. The molecule has 9 aromatic carbocycles. The number of hydrogen-bond donors (Lipinski definition) is 0. The fraction of sp³-hybridized carbons (Fsp3) is 0. The molecule has 228 valence electrons. The summed E-state index contributed by atoms with van der Waals surface area (Å²) in [5.41, 5.74) is 5.44. The second-order valence-electron chi connectivity index (χ2n) is 12.1. The van der Waals surface area contributed by atoms with Gasteiger partial charge in [0.25, 0.3) is 0 Å². The summed E-state index contributed by atoms with van der Waals surface area (Å²) in [5, 5.41) is 7.12. The second-order valence-corrected chi connectivity index (χ2v) is 12.1. The fourth-order valence-electron chi connectivity index (χ4n) is 7.21. The molecule has 0 aliphatic heterocycles. The molecule has 1 heterocycles. The Bertz CT molecular complexity index is 3270. The molecule has 0 bridgehead atoms. The van der Waals surface area contributed by atoms with Gasteiger partial charge in [-0.15, -0.1) is 0 Å². The van der Waals surface area contributed by atoms with Crippen LogP contribution in [0.4, 0.5) is 0 Å². The van der Waals surface area contributed by atoms with Gasteiger partial charge in [-0.3, -0.25) is 0 Å². The molecular formula is C48H30O. The molecule has 0 amide bonds. The Morgan fingerprint density at radius 1 is 0.367 bits per heavy atom. The minimum absolute atomic E-state index is 0.0541. The van der Waals surface area contributed by atoms with E-state index in [1.165, 1.54) is 0 Å². The highest BCUT2D eigenvalue weighted by Crippen LogP contribution is 2.47. The van der Waals surface area contributed by atoms with E-state index in [-0.39, 0.29) is 28.8 Å². The average Bonchev–Trinajstić information content (AvgIpc) is 3.62. The first-order valence-corrected chi connectivity index (χ1v) is 16.1. The summed E-state index contributed by atoms with van der Waals surface area (Å²) < 4.78 is 85.2. The second kappa shape index (κ2) is 11.1. The van der Waals surface area contributed by atoms with Crippen molar-refractivity contribution < 1.29 is 16.8 Å². The van der Waals surface area contributed by atoms with E-state index in [9.17, 15) is 2.74 Å². The molecule has 10 aromatic rings. The van der Waals surface area contributed by atoms with Crippen LogP contribution in [0.5, 0.6) is 0 Å². The molecule has 0 radical (unpaired) electrons. The summed E-state index contributed by atoms with van der Waals surface area (Å²) in [6.07, 6.45) is 0. The molecule has 0 saturated heterocycles. The largest absolute Gasteiger partial charge is 0.456 e. The van der Waals surface area contributed by atoms with E-state index in [2.05, 4.69) is 48.5 Å². The molecule has 0 aliphatic rings. The smallest absolute Gasteiger partial charge is 0.136 e. The van der Waals surface area contributed by atoms with Crippen molar-refractivity contribution >= 4 is 54.3 Å².